The Kier molecular flexibility index (Phi) is 2.83. The molecule has 0 spiro atoms. The molecule has 4 aliphatic carbocycles. The molecule has 3 saturated heterocycles. The van der Waals surface area contributed by atoms with Gasteiger partial charge in [-0.2, -0.15) is 5.10 Å². The maximum absolute atomic E-state index is 13.9. The summed E-state index contributed by atoms with van der Waals surface area (Å²) in [7, 11) is 0. The van der Waals surface area contributed by atoms with Crippen LogP contribution in [0.25, 0.3) is 0 Å². The normalized spacial score (nSPS) is 51.9. The summed E-state index contributed by atoms with van der Waals surface area (Å²) in [5.74, 6) is 3.04. The number of carbonyl (C=O) groups excluding carboxylic acids is 1. The van der Waals surface area contributed by atoms with Gasteiger partial charge in [-0.15, -0.1) is 0 Å². The standard InChI is InChI=1S/C21H28N4O2/c26-19(24-8-15-16(9-24)18-2-1-17(15)27-18)20-4-13-3-14(5-20)7-21(6-13,10-20)25-12-22-11-23-25/h11-18H,1-10H2/t13-,14-,15-,16+,17+,18-,20?,21?/m1/s1. The number of aromatic nitrogens is 3. The van der Waals surface area contributed by atoms with Gasteiger partial charge in [0.25, 0.3) is 0 Å². The summed E-state index contributed by atoms with van der Waals surface area (Å²) in [6.45, 7) is 1.89. The Hall–Kier alpha value is -1.43. The van der Waals surface area contributed by atoms with E-state index in [9.17, 15) is 4.79 Å². The Morgan fingerprint density at radius 3 is 2.37 bits per heavy atom. The van der Waals surface area contributed by atoms with Gasteiger partial charge in [0.15, 0.2) is 0 Å². The molecule has 6 nitrogen and oxygen atoms in total. The monoisotopic (exact) mass is 368 g/mol. The Morgan fingerprint density at radius 1 is 1.04 bits per heavy atom. The lowest BCUT2D eigenvalue weighted by Gasteiger charge is -2.61. The SMILES string of the molecule is O=C(N1C[C@@H]2[C@H](C1)[C@H]1CC[C@@H]2O1)C12C[C@H]3C[C@H](C1)CC(n1cncn1)(C3)C2. The fourth-order valence-electron chi connectivity index (χ4n) is 8.65. The highest BCUT2D eigenvalue weighted by Gasteiger charge is 2.63. The molecule has 6 atom stereocenters. The highest BCUT2D eigenvalue weighted by molar-refractivity contribution is 5.84. The van der Waals surface area contributed by atoms with E-state index in [0.29, 0.717) is 41.8 Å². The summed E-state index contributed by atoms with van der Waals surface area (Å²) < 4.78 is 8.24. The summed E-state index contributed by atoms with van der Waals surface area (Å²) >= 11 is 0. The average molecular weight is 368 g/mol. The zero-order valence-corrected chi connectivity index (χ0v) is 15.8. The van der Waals surface area contributed by atoms with Crippen molar-refractivity contribution < 1.29 is 9.53 Å². The highest BCUT2D eigenvalue weighted by atomic mass is 16.5. The van der Waals surface area contributed by atoms with Crippen LogP contribution in [-0.4, -0.2) is 50.9 Å². The zero-order chi connectivity index (χ0) is 17.8. The maximum atomic E-state index is 13.9. The number of fused-ring (bicyclic) bond motifs is 5. The first-order valence-electron chi connectivity index (χ1n) is 10.9. The van der Waals surface area contributed by atoms with Gasteiger partial charge in [-0.05, 0) is 63.2 Å². The van der Waals surface area contributed by atoms with E-state index >= 15 is 0 Å². The number of nitrogens with zero attached hydrogens (tertiary/aromatic N) is 4. The van der Waals surface area contributed by atoms with Crippen molar-refractivity contribution in [1.29, 1.82) is 0 Å². The molecule has 1 aromatic rings. The topological polar surface area (TPSA) is 60.2 Å². The molecule has 8 rings (SSSR count). The third-order valence-electron chi connectivity index (χ3n) is 9.13. The molecule has 4 heterocycles. The van der Waals surface area contributed by atoms with E-state index in [1.165, 1.54) is 32.1 Å². The van der Waals surface area contributed by atoms with E-state index in [1.54, 1.807) is 6.33 Å². The first-order chi connectivity index (χ1) is 13.1. The molecule has 0 N–H and O–H groups in total. The molecular formula is C21H28N4O2. The van der Waals surface area contributed by atoms with E-state index in [4.69, 9.17) is 4.74 Å². The minimum Gasteiger partial charge on any atom is -0.374 e. The number of carbonyl (C=O) groups is 1. The first kappa shape index (κ1) is 15.5. The second-order valence-electron chi connectivity index (χ2n) is 10.6. The Morgan fingerprint density at radius 2 is 1.74 bits per heavy atom. The lowest BCUT2D eigenvalue weighted by Crippen LogP contribution is -2.61. The molecular weight excluding hydrogens is 340 g/mol. The van der Waals surface area contributed by atoms with E-state index < -0.39 is 0 Å². The summed E-state index contributed by atoms with van der Waals surface area (Å²) in [5, 5.41) is 4.53. The van der Waals surface area contributed by atoms with Crippen molar-refractivity contribution >= 4 is 5.91 Å². The zero-order valence-electron chi connectivity index (χ0n) is 15.8. The molecule has 144 valence electrons. The van der Waals surface area contributed by atoms with Gasteiger partial charge in [0.2, 0.25) is 5.91 Å². The minimum atomic E-state index is -0.144. The summed E-state index contributed by atoms with van der Waals surface area (Å²) in [6, 6.07) is 0. The van der Waals surface area contributed by atoms with Crippen LogP contribution in [0.1, 0.15) is 51.4 Å². The van der Waals surface area contributed by atoms with Crippen LogP contribution >= 0.6 is 0 Å². The van der Waals surface area contributed by atoms with E-state index in [1.807, 2.05) is 6.33 Å². The molecule has 7 fully saturated rings. The number of amides is 1. The molecule has 1 aromatic heterocycles. The van der Waals surface area contributed by atoms with Crippen molar-refractivity contribution in [3.63, 3.8) is 0 Å². The van der Waals surface area contributed by atoms with Gasteiger partial charge >= 0.3 is 0 Å². The van der Waals surface area contributed by atoms with Crippen LogP contribution in [0.4, 0.5) is 0 Å². The molecule has 0 aromatic carbocycles. The minimum absolute atomic E-state index is 0.0357. The largest absolute Gasteiger partial charge is 0.374 e. The van der Waals surface area contributed by atoms with E-state index in [2.05, 4.69) is 19.7 Å². The fraction of sp³-hybridized carbons (Fsp3) is 0.857. The fourth-order valence-corrected chi connectivity index (χ4v) is 8.65. The lowest BCUT2D eigenvalue weighted by atomic mass is 9.46. The second-order valence-corrected chi connectivity index (χ2v) is 10.6. The van der Waals surface area contributed by atoms with Crippen LogP contribution in [0.3, 0.4) is 0 Å². The number of likely N-dealkylation sites (tertiary alicyclic amines) is 1. The highest BCUT2D eigenvalue weighted by Crippen LogP contribution is 2.65. The van der Waals surface area contributed by atoms with E-state index in [-0.39, 0.29) is 11.0 Å². The predicted molar refractivity (Wildman–Crippen MR) is 96.6 cm³/mol. The van der Waals surface area contributed by atoms with Gasteiger partial charge in [0.05, 0.1) is 23.2 Å². The van der Waals surface area contributed by atoms with Crippen molar-refractivity contribution in [3.8, 4) is 0 Å². The van der Waals surface area contributed by atoms with Crippen molar-refractivity contribution in [2.45, 2.75) is 69.1 Å². The molecule has 0 unspecified atom stereocenters. The van der Waals surface area contributed by atoms with Crippen LogP contribution in [0.2, 0.25) is 0 Å². The summed E-state index contributed by atoms with van der Waals surface area (Å²) in [5.41, 5.74) is -0.109. The van der Waals surface area contributed by atoms with Crippen molar-refractivity contribution in [1.82, 2.24) is 19.7 Å². The Bertz CT molecular complexity index is 760. The van der Waals surface area contributed by atoms with Gasteiger partial charge in [-0.3, -0.25) is 4.79 Å². The quantitative estimate of drug-likeness (QED) is 0.803. The Labute approximate surface area is 159 Å². The summed E-state index contributed by atoms with van der Waals surface area (Å²) in [4.78, 5) is 20.4. The first-order valence-corrected chi connectivity index (χ1v) is 10.9. The molecule has 0 radical (unpaired) electrons. The maximum Gasteiger partial charge on any atom is 0.228 e. The Balaban J connectivity index is 1.21. The summed E-state index contributed by atoms with van der Waals surface area (Å²) in [6.07, 6.45) is 13.7. The van der Waals surface area contributed by atoms with Gasteiger partial charge in [-0.1, -0.05) is 0 Å². The van der Waals surface area contributed by atoms with Gasteiger partial charge < -0.3 is 9.64 Å². The van der Waals surface area contributed by atoms with Crippen LogP contribution in [0.15, 0.2) is 12.7 Å². The van der Waals surface area contributed by atoms with Crippen molar-refractivity contribution in [3.05, 3.63) is 12.7 Å². The average Bonchev–Trinajstić information content (AvgIpc) is 3.42. The molecule has 4 saturated carbocycles. The van der Waals surface area contributed by atoms with Crippen molar-refractivity contribution in [2.75, 3.05) is 13.1 Å². The molecule has 6 bridgehead atoms. The number of hydrogen-bond acceptors (Lipinski definition) is 4. The molecule has 6 heteroatoms. The van der Waals surface area contributed by atoms with Gasteiger partial charge in [0.1, 0.15) is 12.7 Å². The third kappa shape index (κ3) is 1.93. The molecule has 7 aliphatic rings. The van der Waals surface area contributed by atoms with Gasteiger partial charge in [-0.25, -0.2) is 9.67 Å². The number of hydrogen-bond donors (Lipinski definition) is 0. The van der Waals surface area contributed by atoms with E-state index in [0.717, 1.165) is 32.4 Å². The third-order valence-corrected chi connectivity index (χ3v) is 9.13. The smallest absolute Gasteiger partial charge is 0.228 e. The lowest BCUT2D eigenvalue weighted by molar-refractivity contribution is -0.166. The van der Waals surface area contributed by atoms with Crippen LogP contribution in [0, 0.1) is 29.1 Å². The number of ether oxygens (including phenoxy) is 1. The predicted octanol–water partition coefficient (Wildman–Crippen LogP) is 2.21. The van der Waals surface area contributed by atoms with Crippen LogP contribution < -0.4 is 0 Å². The second kappa shape index (κ2) is 4.94. The van der Waals surface area contributed by atoms with Crippen molar-refractivity contribution in [2.24, 2.45) is 29.1 Å². The molecule has 1 amide bonds. The molecule has 3 aliphatic heterocycles. The van der Waals surface area contributed by atoms with Crippen LogP contribution in [-0.2, 0) is 15.1 Å². The number of rotatable bonds is 2. The molecule has 27 heavy (non-hydrogen) atoms. The van der Waals surface area contributed by atoms with Gasteiger partial charge in [0, 0.05) is 24.9 Å². The van der Waals surface area contributed by atoms with Crippen LogP contribution in [0.5, 0.6) is 0 Å².